The molecule has 4 rings (SSSR count). The first kappa shape index (κ1) is 17.2. The summed E-state index contributed by atoms with van der Waals surface area (Å²) < 4.78 is 5.43. The lowest BCUT2D eigenvalue weighted by molar-refractivity contribution is -0.121. The molecular weight excluding hydrogens is 330 g/mol. The van der Waals surface area contributed by atoms with Gasteiger partial charge in [-0.2, -0.15) is 4.98 Å². The van der Waals surface area contributed by atoms with Crippen LogP contribution in [0.2, 0.25) is 0 Å². The summed E-state index contributed by atoms with van der Waals surface area (Å²) in [4.78, 5) is 21.1. The Bertz CT molecular complexity index is 762. The lowest BCUT2D eigenvalue weighted by atomic mass is 9.86. The molecule has 2 saturated heterocycles. The highest BCUT2D eigenvalue weighted by Crippen LogP contribution is 2.31. The van der Waals surface area contributed by atoms with Gasteiger partial charge in [-0.15, -0.1) is 0 Å². The lowest BCUT2D eigenvalue weighted by Gasteiger charge is -2.49. The number of amides is 1. The second-order valence-electron chi connectivity index (χ2n) is 7.34. The maximum absolute atomic E-state index is 11.8. The van der Waals surface area contributed by atoms with Crippen molar-refractivity contribution in [2.75, 3.05) is 33.2 Å². The van der Waals surface area contributed by atoms with Crippen LogP contribution in [0.1, 0.15) is 25.1 Å². The van der Waals surface area contributed by atoms with Gasteiger partial charge in [0.2, 0.25) is 5.91 Å². The van der Waals surface area contributed by atoms with Crippen molar-refractivity contribution < 1.29 is 9.32 Å². The number of nitrogens with one attached hydrogen (secondary N) is 1. The van der Waals surface area contributed by atoms with Crippen LogP contribution in [0.4, 0.5) is 0 Å². The van der Waals surface area contributed by atoms with E-state index in [1.54, 1.807) is 0 Å². The molecular formula is C19H25N5O2. The van der Waals surface area contributed by atoms with E-state index in [-0.39, 0.29) is 11.4 Å². The van der Waals surface area contributed by atoms with Gasteiger partial charge in [-0.05, 0) is 32.0 Å². The fourth-order valence-corrected chi connectivity index (χ4v) is 4.03. The number of rotatable bonds is 3. The van der Waals surface area contributed by atoms with E-state index < -0.39 is 0 Å². The largest absolute Gasteiger partial charge is 0.356 e. The molecule has 2 aliphatic rings. The first-order valence-electron chi connectivity index (χ1n) is 9.23. The Labute approximate surface area is 153 Å². The molecule has 0 radical (unpaired) electrons. The number of hydrogen-bond acceptors (Lipinski definition) is 6. The summed E-state index contributed by atoms with van der Waals surface area (Å²) in [6.45, 7) is 4.30. The molecule has 7 nitrogen and oxygen atoms in total. The molecule has 0 unspecified atom stereocenters. The van der Waals surface area contributed by atoms with Crippen LogP contribution in [-0.4, -0.2) is 64.6 Å². The van der Waals surface area contributed by atoms with Crippen LogP contribution in [0.3, 0.4) is 0 Å². The van der Waals surface area contributed by atoms with Crippen LogP contribution in [0.25, 0.3) is 11.5 Å². The molecule has 0 aliphatic carbocycles. The molecule has 1 aromatic carbocycles. The highest BCUT2D eigenvalue weighted by molar-refractivity contribution is 5.76. The van der Waals surface area contributed by atoms with E-state index in [0.717, 1.165) is 44.6 Å². The van der Waals surface area contributed by atoms with Gasteiger partial charge < -0.3 is 9.84 Å². The average molecular weight is 355 g/mol. The van der Waals surface area contributed by atoms with E-state index in [9.17, 15) is 4.79 Å². The van der Waals surface area contributed by atoms with E-state index >= 15 is 0 Å². The second-order valence-corrected chi connectivity index (χ2v) is 7.34. The zero-order valence-electron chi connectivity index (χ0n) is 15.1. The highest BCUT2D eigenvalue weighted by Gasteiger charge is 2.41. The third kappa shape index (κ3) is 3.50. The molecule has 1 spiro atoms. The maximum atomic E-state index is 11.8. The monoisotopic (exact) mass is 355 g/mol. The van der Waals surface area contributed by atoms with E-state index in [4.69, 9.17) is 4.52 Å². The number of carbonyl (C=O) groups excluding carboxylic acids is 1. The fraction of sp³-hybridized carbons (Fsp3) is 0.526. The molecule has 2 aromatic rings. The summed E-state index contributed by atoms with van der Waals surface area (Å²) in [6.07, 6.45) is 2.47. The van der Waals surface area contributed by atoms with Gasteiger partial charge in [0.25, 0.3) is 5.89 Å². The van der Waals surface area contributed by atoms with Crippen LogP contribution in [0, 0.1) is 0 Å². The summed E-state index contributed by atoms with van der Waals surface area (Å²) in [6, 6.07) is 9.84. The van der Waals surface area contributed by atoms with Crippen molar-refractivity contribution in [2.45, 2.75) is 31.3 Å². The van der Waals surface area contributed by atoms with Gasteiger partial charge >= 0.3 is 0 Å². The van der Waals surface area contributed by atoms with Gasteiger partial charge in [-0.25, -0.2) is 0 Å². The van der Waals surface area contributed by atoms with Crippen molar-refractivity contribution in [3.63, 3.8) is 0 Å². The molecule has 0 bridgehead atoms. The van der Waals surface area contributed by atoms with Gasteiger partial charge in [0.15, 0.2) is 5.82 Å². The Morgan fingerprint density at radius 2 is 2.08 bits per heavy atom. The number of likely N-dealkylation sites (N-methyl/N-ethyl adjacent to an activating group) is 1. The number of aromatic nitrogens is 2. The second kappa shape index (κ2) is 7.17. The SMILES string of the molecule is CN1CCN(Cc2noc(-c3ccccc3)n2)C[C@]12CCNC(=O)CC2. The van der Waals surface area contributed by atoms with Gasteiger partial charge in [0, 0.05) is 43.7 Å². The van der Waals surface area contributed by atoms with Crippen molar-refractivity contribution in [3.05, 3.63) is 36.2 Å². The summed E-state index contributed by atoms with van der Waals surface area (Å²) in [7, 11) is 2.18. The van der Waals surface area contributed by atoms with Gasteiger partial charge in [0.05, 0.1) is 6.54 Å². The van der Waals surface area contributed by atoms with Crippen molar-refractivity contribution in [2.24, 2.45) is 0 Å². The summed E-state index contributed by atoms with van der Waals surface area (Å²) in [5.41, 5.74) is 0.984. The van der Waals surface area contributed by atoms with Gasteiger partial charge in [-0.1, -0.05) is 23.4 Å². The zero-order chi connectivity index (χ0) is 18.0. The maximum Gasteiger partial charge on any atom is 0.257 e. The highest BCUT2D eigenvalue weighted by atomic mass is 16.5. The van der Waals surface area contributed by atoms with Crippen LogP contribution in [-0.2, 0) is 11.3 Å². The molecule has 138 valence electrons. The van der Waals surface area contributed by atoms with Crippen molar-refractivity contribution >= 4 is 5.91 Å². The number of piperazine rings is 1. The van der Waals surface area contributed by atoms with Crippen LogP contribution in [0.5, 0.6) is 0 Å². The fourth-order valence-electron chi connectivity index (χ4n) is 4.03. The Balaban J connectivity index is 1.45. The number of benzene rings is 1. The molecule has 1 amide bonds. The number of nitrogens with zero attached hydrogens (tertiary/aromatic N) is 4. The molecule has 1 atom stereocenters. The average Bonchev–Trinajstić information content (AvgIpc) is 3.04. The molecule has 2 aliphatic heterocycles. The molecule has 1 N–H and O–H groups in total. The first-order valence-corrected chi connectivity index (χ1v) is 9.23. The Kier molecular flexibility index (Phi) is 4.74. The summed E-state index contributed by atoms with van der Waals surface area (Å²) in [5, 5.41) is 7.16. The number of carbonyl (C=O) groups is 1. The minimum absolute atomic E-state index is 0.0450. The van der Waals surface area contributed by atoms with Crippen molar-refractivity contribution in [3.8, 4) is 11.5 Å². The van der Waals surface area contributed by atoms with E-state index in [1.807, 2.05) is 30.3 Å². The van der Waals surface area contributed by atoms with E-state index in [1.165, 1.54) is 0 Å². The minimum Gasteiger partial charge on any atom is -0.356 e. The third-order valence-electron chi connectivity index (χ3n) is 5.66. The number of hydrogen-bond donors (Lipinski definition) is 1. The quantitative estimate of drug-likeness (QED) is 0.900. The molecule has 3 heterocycles. The predicted octanol–water partition coefficient (Wildman–Crippen LogP) is 1.52. The Morgan fingerprint density at radius 1 is 1.23 bits per heavy atom. The summed E-state index contributed by atoms with van der Waals surface area (Å²) in [5.74, 6) is 1.44. The molecule has 1 aromatic heterocycles. The minimum atomic E-state index is 0.0450. The zero-order valence-corrected chi connectivity index (χ0v) is 15.1. The smallest absolute Gasteiger partial charge is 0.257 e. The van der Waals surface area contributed by atoms with Crippen molar-refractivity contribution in [1.82, 2.24) is 25.3 Å². The predicted molar refractivity (Wildman–Crippen MR) is 97.2 cm³/mol. The summed E-state index contributed by atoms with van der Waals surface area (Å²) >= 11 is 0. The van der Waals surface area contributed by atoms with Gasteiger partial charge in [-0.3, -0.25) is 14.6 Å². The normalized spacial score (nSPS) is 25.2. The van der Waals surface area contributed by atoms with E-state index in [2.05, 4.69) is 32.3 Å². The van der Waals surface area contributed by atoms with Crippen LogP contribution in [0.15, 0.2) is 34.9 Å². The van der Waals surface area contributed by atoms with E-state index in [0.29, 0.717) is 24.7 Å². The molecule has 26 heavy (non-hydrogen) atoms. The van der Waals surface area contributed by atoms with Crippen LogP contribution < -0.4 is 5.32 Å². The molecule has 0 saturated carbocycles. The topological polar surface area (TPSA) is 74.5 Å². The van der Waals surface area contributed by atoms with Crippen molar-refractivity contribution in [1.29, 1.82) is 0 Å². The lowest BCUT2D eigenvalue weighted by Crippen LogP contribution is -2.60. The standard InChI is InChI=1S/C19H25N5O2/c1-23-11-12-24(14-19(23)8-7-17(25)20-10-9-19)13-16-21-18(26-22-16)15-5-3-2-4-6-15/h2-6H,7-14H2,1H3,(H,20,25)/t19-/m0/s1. The molecule has 2 fully saturated rings. The van der Waals surface area contributed by atoms with Gasteiger partial charge in [0.1, 0.15) is 0 Å². The van der Waals surface area contributed by atoms with Crippen LogP contribution >= 0.6 is 0 Å². The molecule has 7 heteroatoms. The Hall–Kier alpha value is -2.25. The Morgan fingerprint density at radius 3 is 2.92 bits per heavy atom. The third-order valence-corrected chi connectivity index (χ3v) is 5.66. The first-order chi connectivity index (χ1) is 12.6.